The van der Waals surface area contributed by atoms with Gasteiger partial charge in [0, 0.05) is 5.69 Å². The van der Waals surface area contributed by atoms with Crippen molar-refractivity contribution in [1.82, 2.24) is 0 Å². The van der Waals surface area contributed by atoms with Crippen LogP contribution in [-0.4, -0.2) is 6.10 Å². The summed E-state index contributed by atoms with van der Waals surface area (Å²) in [6.07, 6.45) is -4.07. The Bertz CT molecular complexity index is 363. The molecule has 0 saturated carbocycles. The summed E-state index contributed by atoms with van der Waals surface area (Å²) in [6.45, 7) is 3.56. The first-order chi connectivity index (χ1) is 7.34. The molecular formula is C11H14F3NO. The van der Waals surface area contributed by atoms with Crippen molar-refractivity contribution in [2.75, 3.05) is 5.73 Å². The summed E-state index contributed by atoms with van der Waals surface area (Å²) in [4.78, 5) is 0. The average Bonchev–Trinajstić information content (AvgIpc) is 2.19. The van der Waals surface area contributed by atoms with Crippen molar-refractivity contribution in [3.05, 3.63) is 23.8 Å². The SMILES string of the molecule is CCC(C)Oc1ccc(N)cc1C(F)(F)F. The number of halogens is 3. The number of hydrogen-bond acceptors (Lipinski definition) is 2. The summed E-state index contributed by atoms with van der Waals surface area (Å²) in [5, 5.41) is 0. The molecule has 1 rings (SSSR count). The second-order valence-electron chi connectivity index (χ2n) is 3.59. The van der Waals surface area contributed by atoms with E-state index in [4.69, 9.17) is 10.5 Å². The maximum atomic E-state index is 12.6. The molecule has 0 radical (unpaired) electrons. The minimum atomic E-state index is -4.45. The van der Waals surface area contributed by atoms with Crippen LogP contribution in [0.4, 0.5) is 18.9 Å². The van der Waals surface area contributed by atoms with E-state index in [0.29, 0.717) is 6.42 Å². The molecule has 0 heterocycles. The zero-order valence-electron chi connectivity index (χ0n) is 9.14. The Kier molecular flexibility index (Phi) is 3.67. The second-order valence-corrected chi connectivity index (χ2v) is 3.59. The van der Waals surface area contributed by atoms with Crippen molar-refractivity contribution in [3.63, 3.8) is 0 Å². The second kappa shape index (κ2) is 4.63. The van der Waals surface area contributed by atoms with Crippen LogP contribution in [0.15, 0.2) is 18.2 Å². The van der Waals surface area contributed by atoms with E-state index >= 15 is 0 Å². The van der Waals surface area contributed by atoms with E-state index in [1.165, 1.54) is 12.1 Å². The topological polar surface area (TPSA) is 35.2 Å². The Morgan fingerprint density at radius 2 is 2.00 bits per heavy atom. The first-order valence-electron chi connectivity index (χ1n) is 4.98. The zero-order valence-corrected chi connectivity index (χ0v) is 9.14. The van der Waals surface area contributed by atoms with E-state index < -0.39 is 11.7 Å². The number of alkyl halides is 3. The normalized spacial score (nSPS) is 13.6. The fourth-order valence-electron chi connectivity index (χ4n) is 1.17. The molecule has 1 aromatic carbocycles. The maximum Gasteiger partial charge on any atom is 0.420 e. The third-order valence-corrected chi connectivity index (χ3v) is 2.21. The number of benzene rings is 1. The molecule has 0 bridgehead atoms. The Labute approximate surface area is 92.2 Å². The van der Waals surface area contributed by atoms with Gasteiger partial charge in [-0.05, 0) is 31.5 Å². The van der Waals surface area contributed by atoms with Crippen LogP contribution in [0.3, 0.4) is 0 Å². The van der Waals surface area contributed by atoms with Gasteiger partial charge in [-0.2, -0.15) is 13.2 Å². The standard InChI is InChI=1S/C11H14F3NO/c1-3-7(2)16-10-5-4-8(15)6-9(10)11(12,13)14/h4-7H,3,15H2,1-2H3. The molecule has 16 heavy (non-hydrogen) atoms. The van der Waals surface area contributed by atoms with Gasteiger partial charge in [-0.1, -0.05) is 6.92 Å². The van der Waals surface area contributed by atoms with Crippen molar-refractivity contribution >= 4 is 5.69 Å². The van der Waals surface area contributed by atoms with E-state index in [0.717, 1.165) is 6.07 Å². The van der Waals surface area contributed by atoms with E-state index in [-0.39, 0.29) is 17.5 Å². The third-order valence-electron chi connectivity index (χ3n) is 2.21. The van der Waals surface area contributed by atoms with Gasteiger partial charge in [-0.15, -0.1) is 0 Å². The van der Waals surface area contributed by atoms with E-state index in [9.17, 15) is 13.2 Å². The largest absolute Gasteiger partial charge is 0.490 e. The molecule has 2 nitrogen and oxygen atoms in total. The smallest absolute Gasteiger partial charge is 0.420 e. The highest BCUT2D eigenvalue weighted by Gasteiger charge is 2.34. The van der Waals surface area contributed by atoms with E-state index in [1.807, 2.05) is 6.92 Å². The van der Waals surface area contributed by atoms with Crippen molar-refractivity contribution in [1.29, 1.82) is 0 Å². The summed E-state index contributed by atoms with van der Waals surface area (Å²) in [5.41, 5.74) is 4.58. The highest BCUT2D eigenvalue weighted by molar-refractivity contribution is 5.49. The predicted molar refractivity (Wildman–Crippen MR) is 56.2 cm³/mol. The molecule has 5 heteroatoms. The molecule has 0 spiro atoms. The summed E-state index contributed by atoms with van der Waals surface area (Å²) in [5.74, 6) is -0.170. The van der Waals surface area contributed by atoms with Gasteiger partial charge < -0.3 is 10.5 Å². The molecule has 90 valence electrons. The Morgan fingerprint density at radius 3 is 2.50 bits per heavy atom. The first-order valence-corrected chi connectivity index (χ1v) is 4.98. The fraction of sp³-hybridized carbons (Fsp3) is 0.455. The quantitative estimate of drug-likeness (QED) is 0.811. The fourth-order valence-corrected chi connectivity index (χ4v) is 1.17. The number of nitrogen functional groups attached to an aromatic ring is 1. The predicted octanol–water partition coefficient (Wildman–Crippen LogP) is 3.46. The van der Waals surface area contributed by atoms with Gasteiger partial charge in [0.2, 0.25) is 0 Å². The molecule has 2 N–H and O–H groups in total. The minimum absolute atomic E-state index is 0.0730. The molecule has 1 unspecified atom stereocenters. The number of hydrogen-bond donors (Lipinski definition) is 1. The minimum Gasteiger partial charge on any atom is -0.490 e. The lowest BCUT2D eigenvalue weighted by atomic mass is 10.1. The van der Waals surface area contributed by atoms with Crippen molar-refractivity contribution in [2.45, 2.75) is 32.5 Å². The van der Waals surface area contributed by atoms with Gasteiger partial charge in [0.05, 0.1) is 11.7 Å². The van der Waals surface area contributed by atoms with Crippen molar-refractivity contribution in [3.8, 4) is 5.75 Å². The van der Waals surface area contributed by atoms with Crippen LogP contribution < -0.4 is 10.5 Å². The van der Waals surface area contributed by atoms with Crippen molar-refractivity contribution < 1.29 is 17.9 Å². The molecule has 0 fully saturated rings. The molecule has 0 aliphatic rings. The van der Waals surface area contributed by atoms with Crippen LogP contribution >= 0.6 is 0 Å². The average molecular weight is 233 g/mol. The van der Waals surface area contributed by atoms with Gasteiger partial charge in [-0.25, -0.2) is 0 Å². The lowest BCUT2D eigenvalue weighted by Crippen LogP contribution is -2.15. The number of nitrogens with two attached hydrogens (primary N) is 1. The van der Waals surface area contributed by atoms with E-state index in [1.54, 1.807) is 6.92 Å². The number of anilines is 1. The van der Waals surface area contributed by atoms with Gasteiger partial charge in [-0.3, -0.25) is 0 Å². The monoisotopic (exact) mass is 233 g/mol. The van der Waals surface area contributed by atoms with Crippen LogP contribution in [-0.2, 0) is 6.18 Å². The lowest BCUT2D eigenvalue weighted by molar-refractivity contribution is -0.139. The van der Waals surface area contributed by atoms with Crippen LogP contribution in [0.2, 0.25) is 0 Å². The maximum absolute atomic E-state index is 12.6. The molecule has 1 atom stereocenters. The highest BCUT2D eigenvalue weighted by Crippen LogP contribution is 2.37. The molecule has 0 aliphatic heterocycles. The Morgan fingerprint density at radius 1 is 1.38 bits per heavy atom. The lowest BCUT2D eigenvalue weighted by Gasteiger charge is -2.18. The van der Waals surface area contributed by atoms with Crippen LogP contribution in [0.5, 0.6) is 5.75 Å². The molecular weight excluding hydrogens is 219 g/mol. The van der Waals surface area contributed by atoms with Crippen molar-refractivity contribution in [2.24, 2.45) is 0 Å². The van der Waals surface area contributed by atoms with E-state index in [2.05, 4.69) is 0 Å². The molecule has 0 aromatic heterocycles. The molecule has 1 aromatic rings. The summed E-state index contributed by atoms with van der Waals surface area (Å²) >= 11 is 0. The third kappa shape index (κ3) is 3.05. The van der Waals surface area contributed by atoms with Gasteiger partial charge >= 0.3 is 6.18 Å². The van der Waals surface area contributed by atoms with Crippen LogP contribution in [0.1, 0.15) is 25.8 Å². The van der Waals surface area contributed by atoms with Gasteiger partial charge in [0.1, 0.15) is 5.75 Å². The van der Waals surface area contributed by atoms with Gasteiger partial charge in [0.25, 0.3) is 0 Å². The summed E-state index contributed by atoms with van der Waals surface area (Å²) < 4.78 is 43.1. The summed E-state index contributed by atoms with van der Waals surface area (Å²) in [7, 11) is 0. The molecule has 0 saturated heterocycles. The molecule has 0 amide bonds. The Hall–Kier alpha value is -1.39. The van der Waals surface area contributed by atoms with Gasteiger partial charge in [0.15, 0.2) is 0 Å². The number of rotatable bonds is 3. The summed E-state index contributed by atoms with van der Waals surface area (Å²) in [6, 6.07) is 3.54. The number of ether oxygens (including phenoxy) is 1. The first kappa shape index (κ1) is 12.7. The Balaban J connectivity index is 3.08. The zero-order chi connectivity index (χ0) is 12.3. The van der Waals surface area contributed by atoms with Crippen LogP contribution in [0, 0.1) is 0 Å². The molecule has 0 aliphatic carbocycles. The van der Waals surface area contributed by atoms with Crippen LogP contribution in [0.25, 0.3) is 0 Å². The highest BCUT2D eigenvalue weighted by atomic mass is 19.4.